The molecule has 0 aliphatic heterocycles. The Kier molecular flexibility index (Phi) is 3.47. The van der Waals surface area contributed by atoms with E-state index in [4.69, 9.17) is 5.73 Å². The summed E-state index contributed by atoms with van der Waals surface area (Å²) >= 11 is 5.13. The number of hydrogen-bond acceptors (Lipinski definition) is 3. The lowest BCUT2D eigenvalue weighted by molar-refractivity contribution is 0.788. The molecular weight excluding hydrogens is 286 g/mol. The molecule has 3 N–H and O–H groups in total. The van der Waals surface area contributed by atoms with Crippen LogP contribution in [0, 0.1) is 0 Å². The molecule has 2 heterocycles. The van der Waals surface area contributed by atoms with Crippen molar-refractivity contribution >= 4 is 27.3 Å². The van der Waals surface area contributed by atoms with Gasteiger partial charge in [0, 0.05) is 12.5 Å². The maximum Gasteiger partial charge on any atom is 0.109 e. The van der Waals surface area contributed by atoms with E-state index in [1.54, 1.807) is 11.3 Å². The molecule has 0 aromatic carbocycles. The molecule has 16 heavy (non-hydrogen) atoms. The molecule has 0 aliphatic rings. The van der Waals surface area contributed by atoms with E-state index in [9.17, 15) is 0 Å². The fourth-order valence-electron chi connectivity index (χ4n) is 1.50. The molecule has 5 heteroatoms. The highest BCUT2D eigenvalue weighted by Crippen LogP contribution is 2.32. The van der Waals surface area contributed by atoms with Crippen LogP contribution in [0.25, 0.3) is 10.6 Å². The molecular formula is C11H14BrN3S. The van der Waals surface area contributed by atoms with Gasteiger partial charge >= 0.3 is 0 Å². The van der Waals surface area contributed by atoms with Crippen molar-refractivity contribution in [2.24, 2.45) is 5.73 Å². The Morgan fingerprint density at radius 1 is 1.50 bits per heavy atom. The van der Waals surface area contributed by atoms with Gasteiger partial charge in [-0.3, -0.25) is 0 Å². The number of rotatable bonds is 3. The van der Waals surface area contributed by atoms with Gasteiger partial charge in [-0.05, 0) is 28.1 Å². The number of halogens is 1. The summed E-state index contributed by atoms with van der Waals surface area (Å²) in [4.78, 5) is 9.06. The van der Waals surface area contributed by atoms with E-state index in [1.807, 2.05) is 6.07 Å². The van der Waals surface area contributed by atoms with Crippen molar-refractivity contribution < 1.29 is 0 Å². The Labute approximate surface area is 107 Å². The number of hydrogen-bond donors (Lipinski definition) is 2. The van der Waals surface area contributed by atoms with Crippen molar-refractivity contribution in [1.29, 1.82) is 0 Å². The van der Waals surface area contributed by atoms with Gasteiger partial charge in [0.05, 0.1) is 14.4 Å². The van der Waals surface area contributed by atoms with Gasteiger partial charge in [0.25, 0.3) is 0 Å². The second-order valence-electron chi connectivity index (χ2n) is 3.91. The molecule has 2 rings (SSSR count). The van der Waals surface area contributed by atoms with Crippen molar-refractivity contribution in [3.63, 3.8) is 0 Å². The third kappa shape index (κ3) is 2.21. The molecule has 0 fully saturated rings. The average molecular weight is 300 g/mol. The Morgan fingerprint density at radius 2 is 2.25 bits per heavy atom. The lowest BCUT2D eigenvalue weighted by atomic mass is 10.2. The standard InChI is InChI=1S/C11H14BrN3S/c1-6(2)11-14-7(5-13)10(15-11)8-3-4-9(12)16-8/h3-4,6H,5,13H2,1-2H3,(H,14,15). The van der Waals surface area contributed by atoms with Gasteiger partial charge in [0.1, 0.15) is 11.5 Å². The van der Waals surface area contributed by atoms with Crippen molar-refractivity contribution in [3.05, 3.63) is 27.4 Å². The van der Waals surface area contributed by atoms with Gasteiger partial charge in [-0.25, -0.2) is 4.98 Å². The smallest absolute Gasteiger partial charge is 0.109 e. The van der Waals surface area contributed by atoms with Crippen LogP contribution in [0.3, 0.4) is 0 Å². The summed E-state index contributed by atoms with van der Waals surface area (Å²) in [6, 6.07) is 4.10. The van der Waals surface area contributed by atoms with E-state index in [-0.39, 0.29) is 0 Å². The monoisotopic (exact) mass is 299 g/mol. The maximum atomic E-state index is 5.73. The Hall–Kier alpha value is -0.650. The molecule has 3 nitrogen and oxygen atoms in total. The average Bonchev–Trinajstić information content (AvgIpc) is 2.82. The van der Waals surface area contributed by atoms with Gasteiger partial charge in [0.15, 0.2) is 0 Å². The second kappa shape index (κ2) is 4.69. The van der Waals surface area contributed by atoms with Crippen molar-refractivity contribution in [3.8, 4) is 10.6 Å². The van der Waals surface area contributed by atoms with E-state index >= 15 is 0 Å². The summed E-state index contributed by atoms with van der Waals surface area (Å²) < 4.78 is 1.11. The van der Waals surface area contributed by atoms with Crippen LogP contribution in [-0.2, 0) is 6.54 Å². The topological polar surface area (TPSA) is 54.7 Å². The van der Waals surface area contributed by atoms with Gasteiger partial charge in [-0.2, -0.15) is 0 Å². The molecule has 2 aromatic rings. The Balaban J connectivity index is 2.47. The van der Waals surface area contributed by atoms with Crippen LogP contribution in [-0.4, -0.2) is 9.97 Å². The maximum absolute atomic E-state index is 5.73. The van der Waals surface area contributed by atoms with Crippen LogP contribution in [0.5, 0.6) is 0 Å². The molecule has 0 saturated carbocycles. The summed E-state index contributed by atoms with van der Waals surface area (Å²) in [6.45, 7) is 4.73. The minimum atomic E-state index is 0.391. The first-order valence-corrected chi connectivity index (χ1v) is 6.77. The van der Waals surface area contributed by atoms with Gasteiger partial charge in [0.2, 0.25) is 0 Å². The van der Waals surface area contributed by atoms with Crippen LogP contribution in [0.15, 0.2) is 15.9 Å². The zero-order valence-corrected chi connectivity index (χ0v) is 11.7. The van der Waals surface area contributed by atoms with E-state index in [1.165, 1.54) is 0 Å². The molecule has 0 radical (unpaired) electrons. The van der Waals surface area contributed by atoms with E-state index < -0.39 is 0 Å². The number of H-pyrrole nitrogens is 1. The number of nitrogens with one attached hydrogen (secondary N) is 1. The predicted molar refractivity (Wildman–Crippen MR) is 71.6 cm³/mol. The van der Waals surface area contributed by atoms with Crippen LogP contribution >= 0.6 is 27.3 Å². The molecule has 0 saturated heterocycles. The Morgan fingerprint density at radius 3 is 2.75 bits per heavy atom. The lowest BCUT2D eigenvalue weighted by Crippen LogP contribution is -1.98. The zero-order chi connectivity index (χ0) is 11.7. The van der Waals surface area contributed by atoms with E-state index in [0.717, 1.165) is 25.9 Å². The largest absolute Gasteiger partial charge is 0.344 e. The van der Waals surface area contributed by atoms with Crippen LogP contribution in [0.1, 0.15) is 31.3 Å². The summed E-state index contributed by atoms with van der Waals surface area (Å²) in [7, 11) is 0. The highest BCUT2D eigenvalue weighted by molar-refractivity contribution is 9.11. The van der Waals surface area contributed by atoms with E-state index in [2.05, 4.69) is 45.8 Å². The third-order valence-electron chi connectivity index (χ3n) is 2.35. The minimum absolute atomic E-state index is 0.391. The van der Waals surface area contributed by atoms with Gasteiger partial charge < -0.3 is 10.7 Å². The molecule has 0 atom stereocenters. The number of thiophene rings is 1. The molecule has 86 valence electrons. The second-order valence-corrected chi connectivity index (χ2v) is 6.37. The third-order valence-corrected chi connectivity index (χ3v) is 3.99. The first-order valence-electron chi connectivity index (χ1n) is 5.16. The summed E-state index contributed by atoms with van der Waals surface area (Å²) in [6.07, 6.45) is 0. The molecule has 0 amide bonds. The van der Waals surface area contributed by atoms with Crippen molar-refractivity contribution in [2.75, 3.05) is 0 Å². The first kappa shape index (κ1) is 11.8. The number of imidazole rings is 1. The molecule has 0 spiro atoms. The number of aromatic amines is 1. The summed E-state index contributed by atoms with van der Waals surface area (Å²) in [5.74, 6) is 1.39. The van der Waals surface area contributed by atoms with E-state index in [0.29, 0.717) is 12.5 Å². The molecule has 0 bridgehead atoms. The van der Waals surface area contributed by atoms with Gasteiger partial charge in [-0.15, -0.1) is 11.3 Å². The Bertz CT molecular complexity index is 487. The first-order chi connectivity index (χ1) is 7.61. The minimum Gasteiger partial charge on any atom is -0.344 e. The number of aromatic nitrogens is 2. The van der Waals surface area contributed by atoms with Gasteiger partial charge in [-0.1, -0.05) is 13.8 Å². The molecule has 0 unspecified atom stereocenters. The molecule has 2 aromatic heterocycles. The van der Waals surface area contributed by atoms with Crippen LogP contribution in [0.4, 0.5) is 0 Å². The summed E-state index contributed by atoms with van der Waals surface area (Å²) in [5, 5.41) is 0. The van der Waals surface area contributed by atoms with Crippen LogP contribution in [0.2, 0.25) is 0 Å². The number of nitrogens with zero attached hydrogens (tertiary/aromatic N) is 1. The predicted octanol–water partition coefficient (Wildman–Crippen LogP) is 3.48. The lowest BCUT2D eigenvalue weighted by Gasteiger charge is -1.96. The fourth-order valence-corrected chi connectivity index (χ4v) is 2.90. The van der Waals surface area contributed by atoms with Crippen molar-refractivity contribution in [1.82, 2.24) is 9.97 Å². The SMILES string of the molecule is CC(C)c1nc(-c2ccc(Br)s2)c(CN)[nH]1. The normalized spacial score (nSPS) is 11.3. The quantitative estimate of drug-likeness (QED) is 0.911. The highest BCUT2D eigenvalue weighted by atomic mass is 79.9. The molecule has 0 aliphatic carbocycles. The highest BCUT2D eigenvalue weighted by Gasteiger charge is 2.14. The van der Waals surface area contributed by atoms with Crippen LogP contribution < -0.4 is 5.73 Å². The van der Waals surface area contributed by atoms with Crippen molar-refractivity contribution in [2.45, 2.75) is 26.3 Å². The summed E-state index contributed by atoms with van der Waals surface area (Å²) in [5.41, 5.74) is 7.73. The fraction of sp³-hybridized carbons (Fsp3) is 0.364. The number of nitrogens with two attached hydrogens (primary N) is 1. The zero-order valence-electron chi connectivity index (χ0n) is 9.25.